The van der Waals surface area contributed by atoms with Crippen LogP contribution in [0.25, 0.3) is 0 Å². The molecule has 0 unspecified atom stereocenters. The number of amides is 1. The van der Waals surface area contributed by atoms with Gasteiger partial charge >= 0.3 is 0 Å². The summed E-state index contributed by atoms with van der Waals surface area (Å²) in [6.45, 7) is 2.10. The summed E-state index contributed by atoms with van der Waals surface area (Å²) in [7, 11) is 0. The quantitative estimate of drug-likeness (QED) is 0.836. The highest BCUT2D eigenvalue weighted by atomic mass is 35.5. The number of rotatable bonds is 5. The van der Waals surface area contributed by atoms with Gasteiger partial charge in [0.25, 0.3) is 0 Å². The Balaban J connectivity index is 1.87. The zero-order chi connectivity index (χ0) is 14.4. The summed E-state index contributed by atoms with van der Waals surface area (Å²) in [4.78, 5) is 12.1. The van der Waals surface area contributed by atoms with E-state index >= 15 is 0 Å². The fourth-order valence-electron chi connectivity index (χ4n) is 1.68. The molecule has 0 bridgehead atoms. The largest absolute Gasteiger partial charge is 0.352 e. The molecule has 4 heteroatoms. The van der Waals surface area contributed by atoms with Crippen molar-refractivity contribution in [3.05, 3.63) is 64.7 Å². The summed E-state index contributed by atoms with van der Waals surface area (Å²) in [5, 5.41) is 3.55. The van der Waals surface area contributed by atoms with E-state index in [1.54, 1.807) is 11.8 Å². The molecule has 0 aliphatic rings. The molecule has 104 valence electrons. The minimum Gasteiger partial charge on any atom is -0.352 e. The molecule has 0 saturated heterocycles. The Bertz CT molecular complexity index is 566. The number of hydrogen-bond acceptors (Lipinski definition) is 2. The molecule has 20 heavy (non-hydrogen) atoms. The maximum atomic E-state index is 10.8. The lowest BCUT2D eigenvalue weighted by Crippen LogP contribution is -2.18. The van der Waals surface area contributed by atoms with E-state index in [4.69, 9.17) is 11.6 Å². The van der Waals surface area contributed by atoms with Crippen LogP contribution >= 0.6 is 23.4 Å². The predicted molar refractivity (Wildman–Crippen MR) is 85.0 cm³/mol. The molecule has 0 saturated carbocycles. The SMILES string of the molecule is CC(=O)NCc1ccc(SCc2ccc(Cl)cc2)cc1. The van der Waals surface area contributed by atoms with Crippen LogP contribution in [0.2, 0.25) is 5.02 Å². The van der Waals surface area contributed by atoms with Crippen LogP contribution in [0.15, 0.2) is 53.4 Å². The Morgan fingerprint density at radius 1 is 1.05 bits per heavy atom. The lowest BCUT2D eigenvalue weighted by atomic mass is 10.2. The minimum absolute atomic E-state index is 0.00816. The van der Waals surface area contributed by atoms with Gasteiger partial charge in [-0.2, -0.15) is 0 Å². The van der Waals surface area contributed by atoms with E-state index in [0.717, 1.165) is 16.3 Å². The van der Waals surface area contributed by atoms with Crippen LogP contribution in [0.4, 0.5) is 0 Å². The fourth-order valence-corrected chi connectivity index (χ4v) is 2.66. The lowest BCUT2D eigenvalue weighted by Gasteiger charge is -2.05. The zero-order valence-electron chi connectivity index (χ0n) is 11.2. The maximum absolute atomic E-state index is 10.8. The molecule has 2 aromatic rings. The van der Waals surface area contributed by atoms with Crippen molar-refractivity contribution in [3.8, 4) is 0 Å². The Morgan fingerprint density at radius 3 is 2.25 bits per heavy atom. The van der Waals surface area contributed by atoms with Gasteiger partial charge in [-0.15, -0.1) is 11.8 Å². The number of benzene rings is 2. The second kappa shape index (κ2) is 7.36. The van der Waals surface area contributed by atoms with Gasteiger partial charge in [-0.3, -0.25) is 4.79 Å². The second-order valence-corrected chi connectivity index (χ2v) is 5.95. The van der Waals surface area contributed by atoms with Gasteiger partial charge in [-0.1, -0.05) is 35.9 Å². The first-order valence-corrected chi connectivity index (χ1v) is 7.70. The van der Waals surface area contributed by atoms with Gasteiger partial charge in [0.1, 0.15) is 0 Å². The van der Waals surface area contributed by atoms with Gasteiger partial charge in [0.15, 0.2) is 0 Å². The molecule has 0 aliphatic heterocycles. The van der Waals surface area contributed by atoms with Crippen molar-refractivity contribution in [3.63, 3.8) is 0 Å². The Hall–Kier alpha value is -1.45. The summed E-state index contributed by atoms with van der Waals surface area (Å²) >= 11 is 7.64. The van der Waals surface area contributed by atoms with E-state index in [1.165, 1.54) is 17.4 Å². The number of carbonyl (C=O) groups excluding carboxylic acids is 1. The Kier molecular flexibility index (Phi) is 5.50. The summed E-state index contributed by atoms with van der Waals surface area (Å²) in [5.41, 5.74) is 2.36. The van der Waals surface area contributed by atoms with E-state index in [1.807, 2.05) is 36.4 Å². The first-order chi connectivity index (χ1) is 9.63. The van der Waals surface area contributed by atoms with Crippen molar-refractivity contribution in [2.24, 2.45) is 0 Å². The first-order valence-electron chi connectivity index (χ1n) is 6.34. The average molecular weight is 306 g/mol. The van der Waals surface area contributed by atoms with Crippen LogP contribution in [0.3, 0.4) is 0 Å². The summed E-state index contributed by atoms with van der Waals surface area (Å²) in [6.07, 6.45) is 0. The second-order valence-electron chi connectivity index (χ2n) is 4.47. The number of nitrogens with one attached hydrogen (secondary N) is 1. The standard InChI is InChI=1S/C16H16ClNOS/c1-12(19)18-10-13-4-8-16(9-5-13)20-11-14-2-6-15(17)7-3-14/h2-9H,10-11H2,1H3,(H,18,19). The fraction of sp³-hybridized carbons (Fsp3) is 0.188. The molecule has 0 fully saturated rings. The number of thioether (sulfide) groups is 1. The van der Waals surface area contributed by atoms with Gasteiger partial charge in [0.05, 0.1) is 0 Å². The molecule has 0 aliphatic carbocycles. The zero-order valence-corrected chi connectivity index (χ0v) is 12.8. The van der Waals surface area contributed by atoms with E-state index in [2.05, 4.69) is 17.4 Å². The van der Waals surface area contributed by atoms with E-state index in [-0.39, 0.29) is 5.91 Å². The maximum Gasteiger partial charge on any atom is 0.217 e. The molecular formula is C16H16ClNOS. The predicted octanol–water partition coefficient (Wildman–Crippen LogP) is 4.27. The Morgan fingerprint density at radius 2 is 1.65 bits per heavy atom. The van der Waals surface area contributed by atoms with Gasteiger partial charge < -0.3 is 5.32 Å². The molecule has 1 N–H and O–H groups in total. The smallest absolute Gasteiger partial charge is 0.217 e. The van der Waals surface area contributed by atoms with Crippen LogP contribution in [0.1, 0.15) is 18.1 Å². The van der Waals surface area contributed by atoms with Gasteiger partial charge in [-0.25, -0.2) is 0 Å². The molecule has 0 radical (unpaired) electrons. The van der Waals surface area contributed by atoms with Crippen molar-refractivity contribution < 1.29 is 4.79 Å². The summed E-state index contributed by atoms with van der Waals surface area (Å²) in [6, 6.07) is 16.2. The first kappa shape index (κ1) is 14.9. The summed E-state index contributed by atoms with van der Waals surface area (Å²) < 4.78 is 0. The highest BCUT2D eigenvalue weighted by molar-refractivity contribution is 7.98. The van der Waals surface area contributed by atoms with Crippen molar-refractivity contribution in [1.29, 1.82) is 0 Å². The normalized spacial score (nSPS) is 10.3. The average Bonchev–Trinajstić information content (AvgIpc) is 2.45. The van der Waals surface area contributed by atoms with Crippen LogP contribution in [-0.4, -0.2) is 5.91 Å². The van der Waals surface area contributed by atoms with Crippen LogP contribution in [0, 0.1) is 0 Å². The summed E-state index contributed by atoms with van der Waals surface area (Å²) in [5.74, 6) is 0.911. The van der Waals surface area contributed by atoms with Crippen LogP contribution in [-0.2, 0) is 17.1 Å². The molecule has 2 aromatic carbocycles. The van der Waals surface area contributed by atoms with Crippen molar-refractivity contribution in [1.82, 2.24) is 5.32 Å². The monoisotopic (exact) mass is 305 g/mol. The van der Waals surface area contributed by atoms with Gasteiger partial charge in [-0.05, 0) is 35.4 Å². The Labute approximate surface area is 128 Å². The highest BCUT2D eigenvalue weighted by Crippen LogP contribution is 2.23. The van der Waals surface area contributed by atoms with E-state index < -0.39 is 0 Å². The third-order valence-electron chi connectivity index (χ3n) is 2.78. The molecule has 0 heterocycles. The molecular weight excluding hydrogens is 290 g/mol. The number of carbonyl (C=O) groups is 1. The van der Waals surface area contributed by atoms with Crippen molar-refractivity contribution in [2.75, 3.05) is 0 Å². The molecule has 0 aromatic heterocycles. The van der Waals surface area contributed by atoms with Gasteiger partial charge in [0.2, 0.25) is 5.91 Å². The third-order valence-corrected chi connectivity index (χ3v) is 4.12. The molecule has 2 nitrogen and oxygen atoms in total. The molecule has 0 atom stereocenters. The molecule has 1 amide bonds. The third kappa shape index (κ3) is 4.91. The molecule has 2 rings (SSSR count). The number of hydrogen-bond donors (Lipinski definition) is 1. The van der Waals surface area contributed by atoms with Crippen LogP contribution in [0.5, 0.6) is 0 Å². The van der Waals surface area contributed by atoms with Crippen molar-refractivity contribution >= 4 is 29.3 Å². The van der Waals surface area contributed by atoms with E-state index in [9.17, 15) is 4.79 Å². The highest BCUT2D eigenvalue weighted by Gasteiger charge is 1.99. The van der Waals surface area contributed by atoms with Gasteiger partial charge in [0, 0.05) is 29.1 Å². The molecule has 0 spiro atoms. The topological polar surface area (TPSA) is 29.1 Å². The number of halogens is 1. The lowest BCUT2D eigenvalue weighted by molar-refractivity contribution is -0.119. The van der Waals surface area contributed by atoms with Crippen LogP contribution < -0.4 is 5.32 Å². The van der Waals surface area contributed by atoms with Crippen molar-refractivity contribution in [2.45, 2.75) is 24.1 Å². The minimum atomic E-state index is -0.00816. The van der Waals surface area contributed by atoms with E-state index in [0.29, 0.717) is 6.54 Å².